The van der Waals surface area contributed by atoms with Crippen LogP contribution in [0, 0.1) is 4.78 Å². The molecular formula is CHNO3S3. The highest BCUT2D eigenvalue weighted by Crippen LogP contribution is 2.17. The van der Waals surface area contributed by atoms with Crippen LogP contribution in [0.5, 0.6) is 0 Å². The lowest BCUT2D eigenvalue weighted by Gasteiger charge is -2.15. The zero-order chi connectivity index (χ0) is 6.36. The lowest BCUT2D eigenvalue weighted by molar-refractivity contribution is 0.504. The van der Waals surface area contributed by atoms with E-state index < -0.39 is 18.9 Å². The number of thiocarbonyl (C=S) groups is 1. The van der Waals surface area contributed by atoms with Crippen molar-refractivity contribution in [1.82, 2.24) is 0 Å². The van der Waals surface area contributed by atoms with E-state index in [1.807, 2.05) is 0 Å². The molecule has 0 aromatic rings. The van der Waals surface area contributed by atoms with Gasteiger partial charge in [0.25, 0.3) is 4.38 Å². The zero-order valence-corrected chi connectivity index (χ0v) is 5.90. The van der Waals surface area contributed by atoms with Gasteiger partial charge in [0.2, 0.25) is 0 Å². The summed E-state index contributed by atoms with van der Waals surface area (Å²) in [6.07, 6.45) is 0. The number of rotatable bonds is 0. The van der Waals surface area contributed by atoms with Crippen LogP contribution >= 0.6 is 12.2 Å². The monoisotopic (exact) mass is 171 g/mol. The van der Waals surface area contributed by atoms with E-state index in [0.29, 0.717) is 0 Å². The van der Waals surface area contributed by atoms with Gasteiger partial charge in [-0.25, -0.2) is 0 Å². The Morgan fingerprint density at radius 3 is 2.25 bits per heavy atom. The first kappa shape index (κ1) is 6.12. The van der Waals surface area contributed by atoms with E-state index in [2.05, 4.69) is 16.4 Å². The van der Waals surface area contributed by atoms with E-state index in [1.165, 1.54) is 0 Å². The number of hydrogen-bond donors (Lipinski definition) is 1. The Morgan fingerprint density at radius 1 is 1.75 bits per heavy atom. The van der Waals surface area contributed by atoms with Crippen LogP contribution in [0.15, 0.2) is 0 Å². The van der Waals surface area contributed by atoms with Crippen LogP contribution in [0.1, 0.15) is 0 Å². The van der Waals surface area contributed by atoms with Crippen molar-refractivity contribution >= 4 is 35.5 Å². The Balaban J connectivity index is 3.09. The van der Waals surface area contributed by atoms with Crippen molar-refractivity contribution in [2.45, 2.75) is 0 Å². The SMILES string of the molecule is N=S1C(=S)OS1(=O)=O. The summed E-state index contributed by atoms with van der Waals surface area (Å²) in [7, 11) is -5.12. The molecule has 1 N–H and O–H groups in total. The normalized spacial score (nSPS) is 33.0. The van der Waals surface area contributed by atoms with Crippen molar-refractivity contribution in [3.05, 3.63) is 0 Å². The third-order valence-corrected chi connectivity index (χ3v) is 4.68. The van der Waals surface area contributed by atoms with Crippen molar-refractivity contribution in [2.75, 3.05) is 0 Å². The van der Waals surface area contributed by atoms with Crippen LogP contribution in [0.25, 0.3) is 0 Å². The summed E-state index contributed by atoms with van der Waals surface area (Å²) in [6, 6.07) is 0. The average molecular weight is 171 g/mol. The van der Waals surface area contributed by atoms with Gasteiger partial charge in [-0.1, -0.05) is 0 Å². The highest BCUT2D eigenvalue weighted by Gasteiger charge is 2.36. The Bertz CT molecular complexity index is 250. The molecule has 0 bridgehead atoms. The molecule has 0 radical (unpaired) electrons. The van der Waals surface area contributed by atoms with E-state index >= 15 is 0 Å². The second kappa shape index (κ2) is 1.49. The predicted octanol–water partition coefficient (Wildman–Crippen LogP) is -0.0730. The lowest BCUT2D eigenvalue weighted by Crippen LogP contribution is -2.32. The number of hydrogen-bond acceptors (Lipinski definition) is 5. The average Bonchev–Trinajstić information content (AvgIpc) is 1.65. The van der Waals surface area contributed by atoms with Gasteiger partial charge in [-0.05, 0) is 12.2 Å². The van der Waals surface area contributed by atoms with E-state index in [9.17, 15) is 8.42 Å². The Morgan fingerprint density at radius 2 is 2.25 bits per heavy atom. The fourth-order valence-electron chi connectivity index (χ4n) is 0.207. The van der Waals surface area contributed by atoms with Crippen LogP contribution in [-0.2, 0) is 23.1 Å². The maximum atomic E-state index is 10.1. The van der Waals surface area contributed by atoms with Crippen molar-refractivity contribution in [1.29, 1.82) is 4.78 Å². The van der Waals surface area contributed by atoms with E-state index in [4.69, 9.17) is 4.78 Å². The summed E-state index contributed by atoms with van der Waals surface area (Å²) in [6.45, 7) is 0. The highest BCUT2D eigenvalue weighted by molar-refractivity contribution is 8.73. The van der Waals surface area contributed by atoms with Gasteiger partial charge in [0, 0.05) is 0 Å². The molecule has 0 amide bonds. The summed E-state index contributed by atoms with van der Waals surface area (Å²) in [4.78, 5) is 0. The molecule has 8 heavy (non-hydrogen) atoms. The van der Waals surface area contributed by atoms with Gasteiger partial charge in [-0.3, -0.25) is 4.78 Å². The Kier molecular flexibility index (Phi) is 1.14. The van der Waals surface area contributed by atoms with Crippen LogP contribution in [0.4, 0.5) is 0 Å². The largest absolute Gasteiger partial charge is 0.385 e. The van der Waals surface area contributed by atoms with Crippen molar-refractivity contribution in [3.63, 3.8) is 0 Å². The van der Waals surface area contributed by atoms with E-state index in [1.54, 1.807) is 0 Å². The lowest BCUT2D eigenvalue weighted by atomic mass is 11.7. The summed E-state index contributed by atoms with van der Waals surface area (Å²) >= 11 is 4.28. The van der Waals surface area contributed by atoms with Crippen LogP contribution in [0.3, 0.4) is 0 Å². The minimum absolute atomic E-state index is 0.134. The molecule has 1 rings (SSSR count). The molecule has 1 aliphatic rings. The molecule has 0 saturated carbocycles. The van der Waals surface area contributed by atoms with Gasteiger partial charge < -0.3 is 4.18 Å². The van der Waals surface area contributed by atoms with Gasteiger partial charge in [0.1, 0.15) is 9.72 Å². The zero-order valence-electron chi connectivity index (χ0n) is 3.45. The Hall–Kier alpha value is -0.0100. The topological polar surface area (TPSA) is 67.2 Å². The molecule has 1 fully saturated rings. The molecule has 1 saturated heterocycles. The maximum Gasteiger partial charge on any atom is 0.385 e. The fourth-order valence-corrected chi connectivity index (χ4v) is 2.86. The number of nitrogens with one attached hydrogen (secondary N) is 1. The third-order valence-electron chi connectivity index (χ3n) is 0.526. The first-order valence-corrected chi connectivity index (χ1v) is 5.04. The van der Waals surface area contributed by atoms with E-state index in [-0.39, 0.29) is 4.38 Å². The molecule has 7 heteroatoms. The second-order valence-electron chi connectivity index (χ2n) is 1.01. The maximum absolute atomic E-state index is 10.1. The van der Waals surface area contributed by atoms with Gasteiger partial charge >= 0.3 is 9.15 Å². The quantitative estimate of drug-likeness (QED) is 0.409. The molecular weight excluding hydrogens is 170 g/mol. The fraction of sp³-hybridized carbons (Fsp3) is 0. The molecule has 0 aliphatic carbocycles. The van der Waals surface area contributed by atoms with E-state index in [0.717, 1.165) is 0 Å². The van der Waals surface area contributed by atoms with Crippen LogP contribution in [-0.4, -0.2) is 12.8 Å². The summed E-state index contributed by atoms with van der Waals surface area (Å²) in [5, 5.41) is 0. The molecule has 4 nitrogen and oxygen atoms in total. The molecule has 0 spiro atoms. The standard InChI is InChI=1S/CHNO3S3/c2-7-1(6)5-8(7,3)4/h2H. The minimum atomic E-state index is -3.56. The smallest absolute Gasteiger partial charge is 0.352 e. The van der Waals surface area contributed by atoms with Gasteiger partial charge in [-0.2, -0.15) is 8.42 Å². The molecule has 1 aliphatic heterocycles. The van der Waals surface area contributed by atoms with Crippen molar-refractivity contribution in [2.24, 2.45) is 0 Å². The minimum Gasteiger partial charge on any atom is -0.352 e. The molecule has 1 heterocycles. The highest BCUT2D eigenvalue weighted by atomic mass is 33.2. The first-order valence-electron chi connectivity index (χ1n) is 1.48. The summed E-state index contributed by atoms with van der Waals surface area (Å²) in [5.74, 6) is 0. The molecule has 1 unspecified atom stereocenters. The summed E-state index contributed by atoms with van der Waals surface area (Å²) in [5.41, 5.74) is 0. The molecule has 0 aromatic heterocycles. The van der Waals surface area contributed by atoms with Gasteiger partial charge in [0.15, 0.2) is 0 Å². The molecule has 1 atom stereocenters. The first-order chi connectivity index (χ1) is 3.54. The van der Waals surface area contributed by atoms with Crippen LogP contribution < -0.4 is 0 Å². The third kappa shape index (κ3) is 0.664. The summed E-state index contributed by atoms with van der Waals surface area (Å²) < 4.78 is 30.8. The predicted molar refractivity (Wildman–Crippen MR) is 32.7 cm³/mol. The van der Waals surface area contributed by atoms with Crippen molar-refractivity contribution in [3.8, 4) is 0 Å². The van der Waals surface area contributed by atoms with Crippen molar-refractivity contribution < 1.29 is 12.6 Å². The second-order valence-corrected chi connectivity index (χ2v) is 5.76. The Labute approximate surface area is 53.3 Å². The van der Waals surface area contributed by atoms with Gasteiger partial charge in [0.05, 0.1) is 0 Å². The van der Waals surface area contributed by atoms with Gasteiger partial charge in [-0.15, -0.1) is 0 Å². The molecule has 0 aromatic carbocycles. The molecule has 46 valence electrons. The van der Waals surface area contributed by atoms with Crippen LogP contribution in [0.2, 0.25) is 0 Å².